The van der Waals surface area contributed by atoms with Crippen molar-refractivity contribution < 1.29 is 9.50 Å². The van der Waals surface area contributed by atoms with Crippen LogP contribution in [0.4, 0.5) is 4.39 Å². The quantitative estimate of drug-likeness (QED) is 0.901. The predicted molar refractivity (Wildman–Crippen MR) is 68.0 cm³/mol. The zero-order valence-corrected chi connectivity index (χ0v) is 10.7. The number of nitrogens with zero attached hydrogens (tertiary/aromatic N) is 2. The molecule has 0 aliphatic heterocycles. The van der Waals surface area contributed by atoms with Crippen molar-refractivity contribution in [1.29, 1.82) is 0 Å². The smallest absolute Gasteiger partial charge is 0.123 e. The number of aliphatic hydroxyl groups excluding tert-OH is 1. The zero-order chi connectivity index (χ0) is 13.1. The minimum atomic E-state index is -0.232. The molecule has 96 valence electrons. The molecule has 18 heavy (non-hydrogen) atoms. The van der Waals surface area contributed by atoms with Gasteiger partial charge in [0.1, 0.15) is 5.82 Å². The molecular weight excluding hydrogens is 231 g/mol. The molecule has 0 saturated heterocycles. The van der Waals surface area contributed by atoms with Crippen LogP contribution in [0.25, 0.3) is 0 Å². The van der Waals surface area contributed by atoms with E-state index in [1.165, 1.54) is 12.1 Å². The Morgan fingerprint density at radius 3 is 2.78 bits per heavy atom. The molecule has 4 heteroatoms. The van der Waals surface area contributed by atoms with Crippen molar-refractivity contribution in [3.05, 3.63) is 52.6 Å². The summed E-state index contributed by atoms with van der Waals surface area (Å²) in [6.45, 7) is 4.58. The summed E-state index contributed by atoms with van der Waals surface area (Å²) in [5.74, 6) is -0.232. The molecule has 2 rings (SSSR count). The van der Waals surface area contributed by atoms with Crippen LogP contribution in [0.15, 0.2) is 24.3 Å². The van der Waals surface area contributed by atoms with Gasteiger partial charge in [-0.05, 0) is 43.5 Å². The Bertz CT molecular complexity index is 549. The van der Waals surface area contributed by atoms with E-state index in [1.54, 1.807) is 6.07 Å². The molecule has 0 saturated carbocycles. The van der Waals surface area contributed by atoms with Gasteiger partial charge in [0.05, 0.1) is 12.2 Å². The average Bonchev–Trinajstić information content (AvgIpc) is 2.57. The van der Waals surface area contributed by atoms with Crippen molar-refractivity contribution in [3.8, 4) is 0 Å². The van der Waals surface area contributed by atoms with Crippen LogP contribution in [0, 0.1) is 19.7 Å². The number of hydrogen-bond donors (Lipinski definition) is 1. The minimum Gasteiger partial charge on any atom is -0.396 e. The van der Waals surface area contributed by atoms with E-state index in [9.17, 15) is 4.39 Å². The molecule has 1 heterocycles. The Labute approximate surface area is 106 Å². The number of hydrogen-bond acceptors (Lipinski definition) is 2. The highest BCUT2D eigenvalue weighted by Gasteiger charge is 2.11. The lowest BCUT2D eigenvalue weighted by atomic mass is 10.1. The molecule has 0 fully saturated rings. The molecule has 1 aromatic heterocycles. The highest BCUT2D eigenvalue weighted by atomic mass is 19.1. The highest BCUT2D eigenvalue weighted by Crippen LogP contribution is 2.15. The Kier molecular flexibility index (Phi) is 3.77. The van der Waals surface area contributed by atoms with Gasteiger partial charge in [-0.3, -0.25) is 4.68 Å². The predicted octanol–water partition coefficient (Wildman–Crippen LogP) is 2.22. The monoisotopic (exact) mass is 248 g/mol. The third kappa shape index (κ3) is 2.59. The number of rotatable bonds is 4. The Balaban J connectivity index is 2.27. The normalized spacial score (nSPS) is 10.9. The van der Waals surface area contributed by atoms with Crippen LogP contribution in [0.2, 0.25) is 0 Å². The summed E-state index contributed by atoms with van der Waals surface area (Å²) in [5, 5.41) is 13.5. The van der Waals surface area contributed by atoms with Crippen molar-refractivity contribution in [2.75, 3.05) is 6.61 Å². The largest absolute Gasteiger partial charge is 0.396 e. The fourth-order valence-electron chi connectivity index (χ4n) is 2.17. The van der Waals surface area contributed by atoms with E-state index >= 15 is 0 Å². The van der Waals surface area contributed by atoms with Gasteiger partial charge >= 0.3 is 0 Å². The van der Waals surface area contributed by atoms with Gasteiger partial charge in [-0.1, -0.05) is 12.1 Å². The first kappa shape index (κ1) is 12.8. The first-order valence-electron chi connectivity index (χ1n) is 6.00. The lowest BCUT2D eigenvalue weighted by molar-refractivity contribution is 0.299. The maximum Gasteiger partial charge on any atom is 0.123 e. The van der Waals surface area contributed by atoms with Crippen LogP contribution < -0.4 is 0 Å². The van der Waals surface area contributed by atoms with E-state index in [0.29, 0.717) is 13.0 Å². The van der Waals surface area contributed by atoms with Crippen LogP contribution in [0.5, 0.6) is 0 Å². The Hall–Kier alpha value is -1.68. The van der Waals surface area contributed by atoms with E-state index in [0.717, 1.165) is 22.5 Å². The van der Waals surface area contributed by atoms with Gasteiger partial charge in [0.25, 0.3) is 0 Å². The van der Waals surface area contributed by atoms with Crippen molar-refractivity contribution >= 4 is 0 Å². The molecule has 1 N–H and O–H groups in total. The minimum absolute atomic E-state index is 0.118. The lowest BCUT2D eigenvalue weighted by Crippen LogP contribution is -2.05. The number of benzene rings is 1. The first-order valence-corrected chi connectivity index (χ1v) is 6.00. The maximum absolute atomic E-state index is 13.1. The molecule has 0 bridgehead atoms. The molecule has 0 amide bonds. The molecular formula is C14H17FN2O. The van der Waals surface area contributed by atoms with Crippen LogP contribution in [-0.4, -0.2) is 21.5 Å². The summed E-state index contributed by atoms with van der Waals surface area (Å²) in [6, 6.07) is 6.53. The summed E-state index contributed by atoms with van der Waals surface area (Å²) in [7, 11) is 0. The van der Waals surface area contributed by atoms with Gasteiger partial charge in [0, 0.05) is 12.3 Å². The Morgan fingerprint density at radius 2 is 2.11 bits per heavy atom. The molecule has 2 aromatic rings. The van der Waals surface area contributed by atoms with Crippen LogP contribution in [0.3, 0.4) is 0 Å². The molecule has 0 aliphatic carbocycles. The van der Waals surface area contributed by atoms with Crippen molar-refractivity contribution in [2.24, 2.45) is 0 Å². The zero-order valence-electron chi connectivity index (χ0n) is 10.7. The molecule has 3 nitrogen and oxygen atoms in total. The average molecular weight is 248 g/mol. The van der Waals surface area contributed by atoms with E-state index < -0.39 is 0 Å². The number of aromatic nitrogens is 2. The maximum atomic E-state index is 13.1. The fourth-order valence-corrected chi connectivity index (χ4v) is 2.17. The number of aliphatic hydroxyl groups is 1. The molecule has 0 radical (unpaired) electrons. The number of aryl methyl sites for hydroxylation is 1. The van der Waals surface area contributed by atoms with E-state index in [1.807, 2.05) is 24.6 Å². The van der Waals surface area contributed by atoms with Gasteiger partial charge in [-0.15, -0.1) is 0 Å². The van der Waals surface area contributed by atoms with Crippen molar-refractivity contribution in [3.63, 3.8) is 0 Å². The van der Waals surface area contributed by atoms with E-state index in [-0.39, 0.29) is 12.4 Å². The SMILES string of the molecule is Cc1nn(Cc2cccc(F)c2)c(C)c1CCO. The van der Waals surface area contributed by atoms with Crippen LogP contribution in [0.1, 0.15) is 22.5 Å². The molecule has 0 aliphatic rings. The van der Waals surface area contributed by atoms with Gasteiger partial charge in [-0.25, -0.2) is 4.39 Å². The van der Waals surface area contributed by atoms with Gasteiger partial charge in [-0.2, -0.15) is 5.10 Å². The summed E-state index contributed by atoms with van der Waals surface area (Å²) < 4.78 is 15.0. The van der Waals surface area contributed by atoms with Crippen molar-refractivity contribution in [2.45, 2.75) is 26.8 Å². The Morgan fingerprint density at radius 1 is 1.33 bits per heavy atom. The standard InChI is InChI=1S/C14H17FN2O/c1-10-14(6-7-18)11(2)17(16-10)9-12-4-3-5-13(15)8-12/h3-5,8,18H,6-7,9H2,1-2H3. The summed E-state index contributed by atoms with van der Waals surface area (Å²) in [5.41, 5.74) is 3.92. The van der Waals surface area contributed by atoms with Gasteiger partial charge < -0.3 is 5.11 Å². The van der Waals surface area contributed by atoms with Crippen LogP contribution in [-0.2, 0) is 13.0 Å². The van der Waals surface area contributed by atoms with E-state index in [2.05, 4.69) is 5.10 Å². The van der Waals surface area contributed by atoms with Crippen molar-refractivity contribution in [1.82, 2.24) is 9.78 Å². The summed E-state index contributed by atoms with van der Waals surface area (Å²) in [6.07, 6.45) is 0.612. The molecule has 1 aromatic carbocycles. The van der Waals surface area contributed by atoms with E-state index in [4.69, 9.17) is 5.11 Å². The second-order valence-electron chi connectivity index (χ2n) is 4.41. The van der Waals surface area contributed by atoms with Crippen LogP contribution >= 0.6 is 0 Å². The fraction of sp³-hybridized carbons (Fsp3) is 0.357. The molecule has 0 atom stereocenters. The highest BCUT2D eigenvalue weighted by molar-refractivity contribution is 5.26. The second kappa shape index (κ2) is 5.31. The van der Waals surface area contributed by atoms with Gasteiger partial charge in [0.2, 0.25) is 0 Å². The third-order valence-corrected chi connectivity index (χ3v) is 3.11. The molecule has 0 unspecified atom stereocenters. The topological polar surface area (TPSA) is 38.0 Å². The number of halogens is 1. The first-order chi connectivity index (χ1) is 8.61. The molecule has 0 spiro atoms. The lowest BCUT2D eigenvalue weighted by Gasteiger charge is -2.05. The second-order valence-corrected chi connectivity index (χ2v) is 4.41. The third-order valence-electron chi connectivity index (χ3n) is 3.11. The van der Waals surface area contributed by atoms with Gasteiger partial charge in [0.15, 0.2) is 0 Å². The summed E-state index contributed by atoms with van der Waals surface area (Å²) >= 11 is 0. The summed E-state index contributed by atoms with van der Waals surface area (Å²) in [4.78, 5) is 0.